The summed E-state index contributed by atoms with van der Waals surface area (Å²) >= 11 is 1.62. The molecule has 1 saturated heterocycles. The van der Waals surface area contributed by atoms with Crippen LogP contribution in [0.4, 0.5) is 0 Å². The van der Waals surface area contributed by atoms with Gasteiger partial charge in [0.1, 0.15) is 6.10 Å². The maximum Gasteiger partial charge on any atom is 0.233 e. The molecule has 0 saturated carbocycles. The molecule has 1 aliphatic rings. The summed E-state index contributed by atoms with van der Waals surface area (Å²) in [5.41, 5.74) is 1.08. The van der Waals surface area contributed by atoms with Gasteiger partial charge in [-0.05, 0) is 28.5 Å². The zero-order valence-corrected chi connectivity index (χ0v) is 11.8. The van der Waals surface area contributed by atoms with Crippen LogP contribution >= 0.6 is 11.3 Å². The van der Waals surface area contributed by atoms with Crippen LogP contribution in [0.25, 0.3) is 0 Å². The fourth-order valence-corrected chi connectivity index (χ4v) is 2.92. The van der Waals surface area contributed by atoms with Crippen LogP contribution in [0.2, 0.25) is 0 Å². The largest absolute Gasteiger partial charge is 0.471 e. The molecule has 1 atom stereocenters. The molecular weight excluding hydrogens is 274 g/mol. The molecule has 20 heavy (non-hydrogen) atoms. The molecule has 0 unspecified atom stereocenters. The minimum absolute atomic E-state index is 0.0122. The number of aromatic nitrogens is 2. The maximum absolute atomic E-state index is 12.2. The summed E-state index contributed by atoms with van der Waals surface area (Å²) in [6.07, 6.45) is 2.93. The minimum atomic E-state index is 0.0122. The maximum atomic E-state index is 12.2. The Labute approximate surface area is 121 Å². The van der Waals surface area contributed by atoms with Crippen molar-refractivity contribution in [1.29, 1.82) is 0 Å². The molecule has 0 aliphatic carbocycles. The molecule has 3 rings (SSSR count). The second-order valence-corrected chi connectivity index (χ2v) is 5.52. The third kappa shape index (κ3) is 3.14. The number of carbonyl (C=O) groups is 1. The van der Waals surface area contributed by atoms with Crippen molar-refractivity contribution in [2.24, 2.45) is 0 Å². The normalized spacial score (nSPS) is 18.2. The molecule has 1 amide bonds. The third-order valence-corrected chi connectivity index (χ3v) is 4.00. The van der Waals surface area contributed by atoms with Crippen molar-refractivity contribution in [3.8, 4) is 5.88 Å². The van der Waals surface area contributed by atoms with E-state index in [1.807, 2.05) is 21.7 Å². The molecule has 0 aromatic carbocycles. The van der Waals surface area contributed by atoms with Crippen molar-refractivity contribution in [3.63, 3.8) is 0 Å². The second-order valence-electron chi connectivity index (χ2n) is 4.74. The van der Waals surface area contributed by atoms with Gasteiger partial charge in [0.05, 0.1) is 13.0 Å². The lowest BCUT2D eigenvalue weighted by molar-refractivity contribution is -0.129. The molecule has 0 spiro atoms. The van der Waals surface area contributed by atoms with Gasteiger partial charge in [-0.25, -0.2) is 0 Å². The summed E-state index contributed by atoms with van der Waals surface area (Å²) in [5, 5.41) is 11.7. The Morgan fingerprint density at radius 3 is 3.20 bits per heavy atom. The first-order valence-electron chi connectivity index (χ1n) is 6.54. The highest BCUT2D eigenvalue weighted by atomic mass is 32.1. The smallest absolute Gasteiger partial charge is 0.233 e. The van der Waals surface area contributed by atoms with Crippen LogP contribution in [0.5, 0.6) is 5.88 Å². The Morgan fingerprint density at radius 2 is 2.45 bits per heavy atom. The van der Waals surface area contributed by atoms with Crippen LogP contribution < -0.4 is 4.74 Å². The number of hydrogen-bond acceptors (Lipinski definition) is 5. The van der Waals surface area contributed by atoms with E-state index in [4.69, 9.17) is 4.74 Å². The van der Waals surface area contributed by atoms with Gasteiger partial charge in [0.25, 0.3) is 0 Å². The standard InChI is InChI=1S/C14H15N3O2S/c18-14(8-11-4-7-20-10-11)17-6-3-12(9-17)19-13-2-1-5-15-16-13/h1-2,4-5,7,10,12H,3,6,8-9H2/t12-/m0/s1. The summed E-state index contributed by atoms with van der Waals surface area (Å²) in [6.45, 7) is 1.37. The van der Waals surface area contributed by atoms with Crippen molar-refractivity contribution in [3.05, 3.63) is 40.7 Å². The van der Waals surface area contributed by atoms with E-state index in [2.05, 4.69) is 10.2 Å². The molecule has 0 bridgehead atoms. The fraction of sp³-hybridized carbons (Fsp3) is 0.357. The molecule has 1 aliphatic heterocycles. The molecule has 3 heterocycles. The Bertz CT molecular complexity index is 559. The average Bonchev–Trinajstić information content (AvgIpc) is 3.11. The number of carbonyl (C=O) groups excluding carboxylic acids is 1. The van der Waals surface area contributed by atoms with E-state index >= 15 is 0 Å². The lowest BCUT2D eigenvalue weighted by atomic mass is 10.2. The number of thiophene rings is 1. The Kier molecular flexibility index (Phi) is 3.92. The summed E-state index contributed by atoms with van der Waals surface area (Å²) in [5.74, 6) is 0.679. The molecule has 0 N–H and O–H groups in total. The quantitative estimate of drug-likeness (QED) is 0.860. The summed E-state index contributed by atoms with van der Waals surface area (Å²) < 4.78 is 5.73. The van der Waals surface area contributed by atoms with E-state index in [1.165, 1.54) is 0 Å². The van der Waals surface area contributed by atoms with Gasteiger partial charge in [-0.2, -0.15) is 16.4 Å². The van der Waals surface area contributed by atoms with Gasteiger partial charge < -0.3 is 9.64 Å². The number of ether oxygens (including phenoxy) is 1. The monoisotopic (exact) mass is 289 g/mol. The second kappa shape index (κ2) is 6.00. The number of hydrogen-bond donors (Lipinski definition) is 0. The van der Waals surface area contributed by atoms with Gasteiger partial charge in [0.15, 0.2) is 0 Å². The molecular formula is C14H15N3O2S. The lowest BCUT2D eigenvalue weighted by Gasteiger charge is -2.16. The van der Waals surface area contributed by atoms with Gasteiger partial charge >= 0.3 is 0 Å². The van der Waals surface area contributed by atoms with E-state index in [1.54, 1.807) is 29.7 Å². The lowest BCUT2D eigenvalue weighted by Crippen LogP contribution is -2.32. The van der Waals surface area contributed by atoms with E-state index in [0.29, 0.717) is 18.8 Å². The van der Waals surface area contributed by atoms with Gasteiger partial charge in [-0.15, -0.1) is 5.10 Å². The van der Waals surface area contributed by atoms with Crippen LogP contribution in [0.15, 0.2) is 35.2 Å². The first kappa shape index (κ1) is 13.1. The number of amides is 1. The average molecular weight is 289 g/mol. The topological polar surface area (TPSA) is 55.3 Å². The molecule has 5 nitrogen and oxygen atoms in total. The van der Waals surface area contributed by atoms with Gasteiger partial charge in [0, 0.05) is 25.2 Å². The highest BCUT2D eigenvalue weighted by Crippen LogP contribution is 2.17. The molecule has 2 aromatic heterocycles. The molecule has 104 valence electrons. The van der Waals surface area contributed by atoms with Crippen LogP contribution in [0, 0.1) is 0 Å². The van der Waals surface area contributed by atoms with E-state index in [9.17, 15) is 4.79 Å². The van der Waals surface area contributed by atoms with Crippen molar-refractivity contribution in [2.75, 3.05) is 13.1 Å². The highest BCUT2D eigenvalue weighted by molar-refractivity contribution is 7.07. The van der Waals surface area contributed by atoms with Gasteiger partial charge in [-0.1, -0.05) is 0 Å². The van der Waals surface area contributed by atoms with Crippen LogP contribution in [-0.4, -0.2) is 40.2 Å². The van der Waals surface area contributed by atoms with Crippen molar-refractivity contribution < 1.29 is 9.53 Å². The van der Waals surface area contributed by atoms with E-state index < -0.39 is 0 Å². The number of likely N-dealkylation sites (tertiary alicyclic amines) is 1. The predicted octanol–water partition coefficient (Wildman–Crippen LogP) is 1.76. The Hall–Kier alpha value is -1.95. The van der Waals surface area contributed by atoms with E-state index in [-0.39, 0.29) is 12.0 Å². The van der Waals surface area contributed by atoms with Crippen LogP contribution in [0.3, 0.4) is 0 Å². The predicted molar refractivity (Wildman–Crippen MR) is 75.7 cm³/mol. The molecule has 0 radical (unpaired) electrons. The molecule has 1 fully saturated rings. The van der Waals surface area contributed by atoms with Gasteiger partial charge in [0.2, 0.25) is 11.8 Å². The first-order valence-corrected chi connectivity index (χ1v) is 7.49. The Morgan fingerprint density at radius 1 is 1.50 bits per heavy atom. The number of rotatable bonds is 4. The SMILES string of the molecule is O=C(Cc1ccsc1)N1CC[C@H](Oc2cccnn2)C1. The van der Waals surface area contributed by atoms with Crippen molar-refractivity contribution in [1.82, 2.24) is 15.1 Å². The molecule has 2 aromatic rings. The number of nitrogens with zero attached hydrogens (tertiary/aromatic N) is 3. The van der Waals surface area contributed by atoms with Crippen LogP contribution in [-0.2, 0) is 11.2 Å². The van der Waals surface area contributed by atoms with Gasteiger partial charge in [-0.3, -0.25) is 4.79 Å². The zero-order chi connectivity index (χ0) is 13.8. The molecule has 6 heteroatoms. The highest BCUT2D eigenvalue weighted by Gasteiger charge is 2.27. The van der Waals surface area contributed by atoms with E-state index in [0.717, 1.165) is 18.5 Å². The third-order valence-electron chi connectivity index (χ3n) is 3.27. The minimum Gasteiger partial charge on any atom is -0.471 e. The van der Waals surface area contributed by atoms with Crippen molar-refractivity contribution in [2.45, 2.75) is 18.9 Å². The van der Waals surface area contributed by atoms with Crippen molar-refractivity contribution >= 4 is 17.2 Å². The van der Waals surface area contributed by atoms with Crippen LogP contribution in [0.1, 0.15) is 12.0 Å². The zero-order valence-electron chi connectivity index (χ0n) is 10.9. The Balaban J connectivity index is 1.53. The summed E-state index contributed by atoms with van der Waals surface area (Å²) in [4.78, 5) is 14.0. The fourth-order valence-electron chi connectivity index (χ4n) is 2.25. The first-order chi connectivity index (χ1) is 9.81. The summed E-state index contributed by atoms with van der Waals surface area (Å²) in [7, 11) is 0. The summed E-state index contributed by atoms with van der Waals surface area (Å²) in [6, 6.07) is 5.56.